The summed E-state index contributed by atoms with van der Waals surface area (Å²) < 4.78 is 29.1. The minimum atomic E-state index is -1.61. The summed E-state index contributed by atoms with van der Waals surface area (Å²) in [6, 6.07) is 13.3. The lowest BCUT2D eigenvalue weighted by Crippen LogP contribution is -2.61. The van der Waals surface area contributed by atoms with Gasteiger partial charge in [-0.3, -0.25) is 47.9 Å². The third kappa shape index (κ3) is 17.8. The molecule has 0 bridgehead atoms. The van der Waals surface area contributed by atoms with Gasteiger partial charge in [0.25, 0.3) is 0 Å². The quantitative estimate of drug-likeness (QED) is 0.0813. The molecule has 24 heteroatoms. The molecule has 10 amide bonds. The fraction of sp³-hybridized carbons (Fsp3) is 0.469. The van der Waals surface area contributed by atoms with Crippen molar-refractivity contribution in [2.24, 2.45) is 23.3 Å². The monoisotopic (exact) mass is 1220 g/mol. The maximum absolute atomic E-state index is 15.0. The number of halogens is 2. The summed E-state index contributed by atoms with van der Waals surface area (Å²) in [6.45, 7) is 6.98. The molecule has 10 atom stereocenters. The second-order valence-electron chi connectivity index (χ2n) is 23.3. The molecule has 0 aromatic heterocycles. The van der Waals surface area contributed by atoms with Crippen LogP contribution in [-0.4, -0.2) is 143 Å². The summed E-state index contributed by atoms with van der Waals surface area (Å²) in [4.78, 5) is 150. The van der Waals surface area contributed by atoms with Gasteiger partial charge in [0.2, 0.25) is 59.1 Å². The van der Waals surface area contributed by atoms with Crippen molar-refractivity contribution in [2.75, 3.05) is 26.2 Å². The van der Waals surface area contributed by atoms with E-state index in [9.17, 15) is 47.1 Å². The third-order valence-electron chi connectivity index (χ3n) is 16.1. The molecular weight excluding hydrogens is 1140 g/mol. The van der Waals surface area contributed by atoms with Crippen LogP contribution in [0.5, 0.6) is 0 Å². The minimum absolute atomic E-state index is 0.0442. The zero-order chi connectivity index (χ0) is 63.6. The zero-order valence-electron chi connectivity index (χ0n) is 50.1. The van der Waals surface area contributed by atoms with Crippen LogP contribution in [0.2, 0.25) is 0 Å². The highest BCUT2D eigenvalue weighted by atomic mass is 19.1. The van der Waals surface area contributed by atoms with Gasteiger partial charge in [-0.25, -0.2) is 8.78 Å². The lowest BCUT2D eigenvalue weighted by molar-refractivity contribution is -0.143. The zero-order valence-corrected chi connectivity index (χ0v) is 50.1. The number of fused-ring (bicyclic) bond motifs is 2. The predicted octanol–water partition coefficient (Wildman–Crippen LogP) is 2.16. The SMILES string of the molecule is CC(C)[C@@H]1[15NH]C(=O)[C@@H]2CCCN2C(=O)[C@@H](Cc2ccccc2)NC(=O)[C@H](c2ccc(F)cc2)NC(=O)[C@H](CCCN)NC(=O)[C@H](C(C)C)[15NH]C(=O)[C@@H]2CCCN2C(=O)[C@@H](Cc2ccccc2)NC(=O)[C@H](c2ccc(F)cc2)NC(=O)[C@H](CCCN)NC1=O. The standard InChI is InChI=1S/C64H82F2N12O10/c1-37(2)51-59(83)69-45(19-11-31-67)55(79)75-53(41-23-27-43(65)28-24-41)61(85)72-48(36-40-17-9-6-10-18-40)64(88)78-34-14-22-50(78)58(82)74-52(38(3)4)60(84)70-46(20-12-32-68)56(80)76-54(42-25-29-44(66)30-26-42)62(86)71-47(35-39-15-7-5-8-16-39)63(87)77-33-13-21-49(77)57(81)73-51/h5-10,15-18,23-30,37-38,45-54H,11-14,19-22,31-36,67-68H2,1-4H3,(H,69,83)(H,70,84)(H,71,86)(H,72,85)(H,73,81)(H,74,82)(H,75,79)(H,76,80)/t45-,46-,47+,48+,49-,50-,51-,52-,53-,54-/m0/s1/i73+1,74+1. The van der Waals surface area contributed by atoms with Crippen molar-refractivity contribution in [3.63, 3.8) is 0 Å². The van der Waals surface area contributed by atoms with Gasteiger partial charge >= 0.3 is 0 Å². The smallest absolute Gasteiger partial charge is 0.247 e. The van der Waals surface area contributed by atoms with Gasteiger partial charge in [-0.05, 0) is 123 Å². The van der Waals surface area contributed by atoms with Gasteiger partial charge in [-0.1, -0.05) is 113 Å². The summed E-state index contributed by atoms with van der Waals surface area (Å²) in [5.74, 6) is -10.4. The molecule has 3 heterocycles. The number of nitrogens with two attached hydrogens (primary N) is 2. The fourth-order valence-electron chi connectivity index (χ4n) is 11.3. The molecule has 3 fully saturated rings. The minimum Gasteiger partial charge on any atom is -0.343 e. The van der Waals surface area contributed by atoms with Crippen molar-refractivity contribution in [2.45, 2.75) is 152 Å². The number of rotatable bonds is 14. The van der Waals surface area contributed by atoms with Gasteiger partial charge < -0.3 is 63.8 Å². The van der Waals surface area contributed by atoms with Gasteiger partial charge in [0.05, 0.1) is 0 Å². The molecule has 88 heavy (non-hydrogen) atoms. The maximum Gasteiger partial charge on any atom is 0.247 e. The Morgan fingerprint density at radius 3 is 1.09 bits per heavy atom. The molecule has 0 spiro atoms. The summed E-state index contributed by atoms with van der Waals surface area (Å²) >= 11 is 0. The summed E-state index contributed by atoms with van der Waals surface area (Å²) in [5.41, 5.74) is 13.3. The molecule has 3 saturated heterocycles. The number of amides is 10. The third-order valence-corrected chi connectivity index (χ3v) is 16.1. The Hall–Kier alpha value is -8.64. The Morgan fingerprint density at radius 2 is 0.761 bits per heavy atom. The van der Waals surface area contributed by atoms with Crippen LogP contribution >= 0.6 is 0 Å². The van der Waals surface area contributed by atoms with Crippen molar-refractivity contribution in [1.29, 1.82) is 0 Å². The van der Waals surface area contributed by atoms with Crippen LogP contribution in [0.1, 0.15) is 113 Å². The Kier molecular flexibility index (Phi) is 24.2. The highest BCUT2D eigenvalue weighted by Crippen LogP contribution is 2.25. The van der Waals surface area contributed by atoms with E-state index in [0.29, 0.717) is 24.0 Å². The highest BCUT2D eigenvalue weighted by Gasteiger charge is 2.43. The first-order chi connectivity index (χ1) is 42.2. The van der Waals surface area contributed by atoms with Crippen LogP contribution in [0.4, 0.5) is 8.78 Å². The van der Waals surface area contributed by atoms with Crippen LogP contribution in [-0.2, 0) is 60.8 Å². The fourth-order valence-corrected chi connectivity index (χ4v) is 11.3. The number of hydrogen-bond acceptors (Lipinski definition) is 12. The second kappa shape index (κ2) is 31.8. The largest absolute Gasteiger partial charge is 0.343 e. The number of nitrogens with zero attached hydrogens (tertiary/aromatic N) is 2. The molecule has 3 aliphatic heterocycles. The molecule has 0 aliphatic carbocycles. The van der Waals surface area contributed by atoms with E-state index in [1.54, 1.807) is 88.4 Å². The van der Waals surface area contributed by atoms with Gasteiger partial charge in [-0.15, -0.1) is 0 Å². The molecule has 0 unspecified atom stereocenters. The molecule has 12 N–H and O–H groups in total. The Balaban J connectivity index is 1.30. The molecule has 0 radical (unpaired) electrons. The van der Waals surface area contributed by atoms with Crippen molar-refractivity contribution in [3.05, 3.63) is 143 Å². The van der Waals surface area contributed by atoms with Crippen molar-refractivity contribution in [3.8, 4) is 0 Å². The number of nitrogens with one attached hydrogen (secondary N) is 8. The van der Waals surface area contributed by atoms with E-state index in [1.165, 1.54) is 34.1 Å². The van der Waals surface area contributed by atoms with Crippen molar-refractivity contribution in [1.82, 2.24) is 52.3 Å². The predicted molar refractivity (Wildman–Crippen MR) is 322 cm³/mol. The van der Waals surface area contributed by atoms with Crippen LogP contribution in [0.15, 0.2) is 109 Å². The second-order valence-corrected chi connectivity index (χ2v) is 23.3. The molecular formula is C64H82F2N12O10. The summed E-state index contributed by atoms with van der Waals surface area (Å²) in [6.07, 6.45) is 1.16. The van der Waals surface area contributed by atoms with Gasteiger partial charge in [0.1, 0.15) is 72.1 Å². The first kappa shape index (κ1) is 66.9. The van der Waals surface area contributed by atoms with E-state index in [0.717, 1.165) is 24.3 Å². The summed E-state index contributed by atoms with van der Waals surface area (Å²) in [7, 11) is 0. The lowest BCUT2D eigenvalue weighted by Gasteiger charge is -2.32. The molecule has 0 saturated carbocycles. The van der Waals surface area contributed by atoms with E-state index in [-0.39, 0.29) is 88.7 Å². The van der Waals surface area contributed by atoms with Gasteiger partial charge in [-0.2, -0.15) is 0 Å². The average Bonchev–Trinajstić information content (AvgIpc) is 3.40. The summed E-state index contributed by atoms with van der Waals surface area (Å²) in [5, 5.41) is 22.1. The Morgan fingerprint density at radius 1 is 0.420 bits per heavy atom. The van der Waals surface area contributed by atoms with Crippen LogP contribution < -0.4 is 54.0 Å². The number of carbonyl (C=O) groups excluding carboxylic acids is 10. The molecule has 7 rings (SSSR count). The molecule has 22 nitrogen and oxygen atoms in total. The Bertz CT molecular complexity index is 2880. The molecule has 4 aromatic rings. The number of carbonyl (C=O) groups is 10. The van der Waals surface area contributed by atoms with E-state index in [2.05, 4.69) is 42.5 Å². The van der Waals surface area contributed by atoms with Crippen LogP contribution in [0, 0.1) is 23.5 Å². The van der Waals surface area contributed by atoms with Gasteiger partial charge in [0.15, 0.2) is 0 Å². The lowest BCUT2D eigenvalue weighted by atomic mass is 10.00. The average molecular weight is 1220 g/mol. The number of benzene rings is 4. The van der Waals surface area contributed by atoms with Crippen LogP contribution in [0.25, 0.3) is 0 Å². The Labute approximate surface area is 511 Å². The first-order valence-electron chi connectivity index (χ1n) is 30.2. The number of hydrogen-bond donors (Lipinski definition) is 10. The van der Waals surface area contributed by atoms with Crippen LogP contribution in [0.3, 0.4) is 0 Å². The van der Waals surface area contributed by atoms with Gasteiger partial charge in [0, 0.05) is 25.9 Å². The molecule has 472 valence electrons. The van der Waals surface area contributed by atoms with Crippen molar-refractivity contribution < 1.29 is 56.7 Å². The van der Waals surface area contributed by atoms with E-state index < -0.39 is 143 Å². The molecule has 3 aliphatic rings. The normalized spacial score (nSPS) is 25.3. The maximum atomic E-state index is 15.0. The van der Waals surface area contributed by atoms with Crippen molar-refractivity contribution >= 4 is 59.1 Å². The highest BCUT2D eigenvalue weighted by molar-refractivity contribution is 6.00. The first-order valence-corrected chi connectivity index (χ1v) is 30.2. The topological polar surface area (TPSA) is 325 Å². The molecule has 4 aromatic carbocycles. The van der Waals surface area contributed by atoms with E-state index in [1.807, 2.05) is 0 Å². The van der Waals surface area contributed by atoms with E-state index in [4.69, 9.17) is 11.5 Å². The van der Waals surface area contributed by atoms with E-state index >= 15 is 9.59 Å².